The van der Waals surface area contributed by atoms with Gasteiger partial charge < -0.3 is 30.0 Å². The molecular weight excluding hydrogens is 438 g/mol. The third-order valence-electron chi connectivity index (χ3n) is 6.67. The van der Waals surface area contributed by atoms with Gasteiger partial charge in [0, 0.05) is 18.8 Å². The van der Waals surface area contributed by atoms with Gasteiger partial charge in [-0.2, -0.15) is 0 Å². The molecule has 0 aliphatic carbocycles. The monoisotopic (exact) mass is 469 g/mol. The van der Waals surface area contributed by atoms with Gasteiger partial charge in [-0.1, -0.05) is 19.1 Å². The third-order valence-corrected chi connectivity index (χ3v) is 6.67. The Morgan fingerprint density at radius 3 is 2.35 bits per heavy atom. The molecule has 34 heavy (non-hydrogen) atoms. The van der Waals surface area contributed by atoms with E-state index in [0.29, 0.717) is 19.0 Å². The van der Waals surface area contributed by atoms with Crippen molar-refractivity contribution in [1.29, 1.82) is 0 Å². The van der Waals surface area contributed by atoms with E-state index in [0.717, 1.165) is 18.6 Å². The molecule has 0 radical (unpaired) electrons. The summed E-state index contributed by atoms with van der Waals surface area (Å²) in [5.74, 6) is 1.24. The predicted molar refractivity (Wildman–Crippen MR) is 129 cm³/mol. The minimum absolute atomic E-state index is 0.0701. The molecule has 1 saturated heterocycles. The van der Waals surface area contributed by atoms with Crippen molar-refractivity contribution in [3.63, 3.8) is 0 Å². The second-order valence-corrected chi connectivity index (χ2v) is 9.41. The summed E-state index contributed by atoms with van der Waals surface area (Å²) in [6, 6.07) is 8.21. The summed E-state index contributed by atoms with van der Waals surface area (Å²) in [7, 11) is 3.35. The minimum atomic E-state index is -1.04. The van der Waals surface area contributed by atoms with Crippen LogP contribution in [0.4, 0.5) is 17.1 Å². The standard InChI is InChI=1S/C25H31N3O6/c1-14-8-9-17(34-14)23(25(2)10-12-33-13-11-25)27-19-18(21(30)22(19)31)26-16-7-5-6-15(20(16)29)24(32)28(3)4/h5-9,23-24,26-27,29,32H,10-13H2,1-4H3. The number of aliphatic hydroxyl groups excluding tert-OH is 1. The molecule has 2 aromatic carbocycles. The van der Waals surface area contributed by atoms with Crippen molar-refractivity contribution in [2.45, 2.75) is 39.0 Å². The average Bonchev–Trinajstić information content (AvgIpc) is 3.24. The number of aliphatic hydroxyl groups is 1. The molecule has 182 valence electrons. The van der Waals surface area contributed by atoms with Crippen LogP contribution in [-0.2, 0) is 4.74 Å². The Bertz CT molecular complexity index is 1230. The van der Waals surface area contributed by atoms with Gasteiger partial charge in [0.25, 0.3) is 10.9 Å². The van der Waals surface area contributed by atoms with Crippen molar-refractivity contribution >= 4 is 17.1 Å². The number of benzene rings is 1. The van der Waals surface area contributed by atoms with Gasteiger partial charge in [-0.15, -0.1) is 0 Å². The quantitative estimate of drug-likeness (QED) is 0.224. The molecule has 0 bridgehead atoms. The third kappa shape index (κ3) is 4.34. The van der Waals surface area contributed by atoms with Gasteiger partial charge in [-0.3, -0.25) is 14.5 Å². The predicted octanol–water partition coefficient (Wildman–Crippen LogP) is 3.16. The molecule has 4 rings (SSSR count). The van der Waals surface area contributed by atoms with Crippen molar-refractivity contribution in [3.8, 4) is 5.75 Å². The lowest BCUT2D eigenvalue weighted by Crippen LogP contribution is -2.42. The van der Waals surface area contributed by atoms with E-state index in [1.165, 1.54) is 4.90 Å². The Kier molecular flexibility index (Phi) is 6.53. The first-order chi connectivity index (χ1) is 16.1. The maximum absolute atomic E-state index is 12.6. The molecule has 0 amide bonds. The fourth-order valence-corrected chi connectivity index (χ4v) is 4.40. The topological polar surface area (TPSA) is 124 Å². The number of phenolic OH excluding ortho intramolecular Hbond substituents is 1. The molecule has 1 aliphatic heterocycles. The van der Waals surface area contributed by atoms with Gasteiger partial charge in [0.2, 0.25) is 0 Å². The molecule has 2 unspecified atom stereocenters. The lowest BCUT2D eigenvalue weighted by atomic mass is 9.74. The highest BCUT2D eigenvalue weighted by molar-refractivity contribution is 5.81. The Morgan fingerprint density at radius 1 is 1.06 bits per heavy atom. The van der Waals surface area contributed by atoms with Crippen LogP contribution in [0.5, 0.6) is 5.75 Å². The van der Waals surface area contributed by atoms with Crippen molar-refractivity contribution in [2.24, 2.45) is 5.41 Å². The number of aryl methyl sites for hydroxylation is 1. The first-order valence-corrected chi connectivity index (χ1v) is 11.3. The molecular formula is C25H31N3O6. The fourth-order valence-electron chi connectivity index (χ4n) is 4.40. The lowest BCUT2D eigenvalue weighted by Gasteiger charge is -2.40. The normalized spacial score (nSPS) is 17.6. The van der Waals surface area contributed by atoms with Crippen LogP contribution in [0.25, 0.3) is 0 Å². The first kappa shape index (κ1) is 24.0. The van der Waals surface area contributed by atoms with Crippen LogP contribution in [0.2, 0.25) is 0 Å². The summed E-state index contributed by atoms with van der Waals surface area (Å²) in [6.07, 6.45) is 0.480. The number of ether oxygens (including phenoxy) is 1. The second kappa shape index (κ2) is 9.25. The van der Waals surface area contributed by atoms with Crippen LogP contribution in [0, 0.1) is 12.3 Å². The Morgan fingerprint density at radius 2 is 1.74 bits per heavy atom. The Labute approximate surface area is 197 Å². The molecule has 2 atom stereocenters. The van der Waals surface area contributed by atoms with E-state index in [9.17, 15) is 19.8 Å². The number of phenols is 1. The van der Waals surface area contributed by atoms with E-state index >= 15 is 0 Å². The van der Waals surface area contributed by atoms with Crippen LogP contribution < -0.4 is 21.5 Å². The maximum Gasteiger partial charge on any atom is 0.253 e. The van der Waals surface area contributed by atoms with Crippen LogP contribution in [0.1, 0.15) is 49.1 Å². The van der Waals surface area contributed by atoms with E-state index in [1.807, 2.05) is 19.1 Å². The number of anilines is 3. The van der Waals surface area contributed by atoms with Gasteiger partial charge in [-0.05, 0) is 57.5 Å². The summed E-state index contributed by atoms with van der Waals surface area (Å²) in [6.45, 7) is 5.16. The van der Waals surface area contributed by atoms with Crippen LogP contribution in [-0.4, -0.2) is 42.4 Å². The minimum Gasteiger partial charge on any atom is -0.505 e. The van der Waals surface area contributed by atoms with Crippen molar-refractivity contribution < 1.29 is 19.4 Å². The highest BCUT2D eigenvalue weighted by Gasteiger charge is 2.40. The summed E-state index contributed by atoms with van der Waals surface area (Å²) in [4.78, 5) is 26.6. The van der Waals surface area contributed by atoms with E-state index < -0.39 is 17.1 Å². The van der Waals surface area contributed by atoms with Crippen LogP contribution in [0.3, 0.4) is 0 Å². The Balaban J connectivity index is 1.67. The lowest BCUT2D eigenvalue weighted by molar-refractivity contribution is 0.0108. The molecule has 1 aliphatic rings. The summed E-state index contributed by atoms with van der Waals surface area (Å²) >= 11 is 0. The number of nitrogens with one attached hydrogen (secondary N) is 2. The first-order valence-electron chi connectivity index (χ1n) is 11.3. The van der Waals surface area contributed by atoms with Gasteiger partial charge in [0.05, 0.1) is 11.7 Å². The van der Waals surface area contributed by atoms with Crippen LogP contribution >= 0.6 is 0 Å². The van der Waals surface area contributed by atoms with Crippen molar-refractivity contribution in [1.82, 2.24) is 4.90 Å². The molecule has 0 saturated carbocycles. The molecule has 1 aromatic heterocycles. The maximum atomic E-state index is 12.6. The second-order valence-electron chi connectivity index (χ2n) is 9.41. The zero-order valence-corrected chi connectivity index (χ0v) is 19.8. The number of hydrogen-bond acceptors (Lipinski definition) is 9. The van der Waals surface area contributed by atoms with E-state index in [-0.39, 0.29) is 39.8 Å². The highest BCUT2D eigenvalue weighted by Crippen LogP contribution is 2.45. The smallest absolute Gasteiger partial charge is 0.253 e. The molecule has 9 nitrogen and oxygen atoms in total. The van der Waals surface area contributed by atoms with Crippen molar-refractivity contribution in [3.05, 3.63) is 67.9 Å². The van der Waals surface area contributed by atoms with E-state index in [4.69, 9.17) is 9.15 Å². The number of hydrogen-bond donors (Lipinski definition) is 4. The van der Waals surface area contributed by atoms with Crippen LogP contribution in [0.15, 0.2) is 44.3 Å². The zero-order chi connectivity index (χ0) is 24.6. The SMILES string of the molecule is Cc1ccc(C(Nc2c(Nc3cccc(C(O)N(C)C)c3O)c(=O)c2=O)C2(C)CCOCC2)o1. The van der Waals surface area contributed by atoms with Gasteiger partial charge in [-0.25, -0.2) is 0 Å². The van der Waals surface area contributed by atoms with E-state index in [1.54, 1.807) is 32.3 Å². The molecule has 0 spiro atoms. The molecule has 1 fully saturated rings. The fraction of sp³-hybridized carbons (Fsp3) is 0.440. The number of furan rings is 1. The molecule has 3 aromatic rings. The van der Waals surface area contributed by atoms with Gasteiger partial charge in [0.15, 0.2) is 0 Å². The number of nitrogens with zero attached hydrogens (tertiary/aromatic N) is 1. The van der Waals surface area contributed by atoms with E-state index in [2.05, 4.69) is 17.6 Å². The summed E-state index contributed by atoms with van der Waals surface area (Å²) in [5, 5.41) is 27.2. The highest BCUT2D eigenvalue weighted by atomic mass is 16.5. The number of para-hydroxylation sites is 1. The summed E-state index contributed by atoms with van der Waals surface area (Å²) in [5.41, 5.74) is -0.854. The zero-order valence-electron chi connectivity index (χ0n) is 19.8. The number of aromatic hydroxyl groups is 1. The Hall–Kier alpha value is -3.14. The molecule has 2 heterocycles. The molecule has 4 N–H and O–H groups in total. The van der Waals surface area contributed by atoms with Gasteiger partial charge >= 0.3 is 0 Å². The molecule has 9 heteroatoms. The largest absolute Gasteiger partial charge is 0.505 e. The van der Waals surface area contributed by atoms with Gasteiger partial charge in [0.1, 0.15) is 34.9 Å². The number of rotatable bonds is 8. The summed E-state index contributed by atoms with van der Waals surface area (Å²) < 4.78 is 11.5. The van der Waals surface area contributed by atoms with Crippen molar-refractivity contribution in [2.75, 3.05) is 37.9 Å². The average molecular weight is 470 g/mol.